The van der Waals surface area contributed by atoms with Crippen LogP contribution in [0.25, 0.3) is 0 Å². The minimum absolute atomic E-state index is 0.00488. The summed E-state index contributed by atoms with van der Waals surface area (Å²) in [4.78, 5) is 171. The first-order valence-corrected chi connectivity index (χ1v) is 49.4. The molecule has 770 valence electrons. The second kappa shape index (κ2) is 47.4. The summed E-state index contributed by atoms with van der Waals surface area (Å²) >= 11 is 53.3. The number of nitrogens with two attached hydrogens (primary N) is 2. The Bertz CT molecular complexity index is 6810. The van der Waals surface area contributed by atoms with Crippen molar-refractivity contribution in [3.05, 3.63) is 263 Å². The molecule has 0 unspecified atom stereocenters. The maximum absolute atomic E-state index is 13.2. The van der Waals surface area contributed by atoms with E-state index in [1.54, 1.807) is 36.4 Å². The highest BCUT2D eigenvalue weighted by Crippen LogP contribution is 2.45. The topological polar surface area (TPSA) is 470 Å². The number of halogens is 9. The molecule has 0 atom stereocenters. The fourth-order valence-corrected chi connectivity index (χ4v) is 17.3. The molecule has 0 aliphatic carbocycles. The van der Waals surface area contributed by atoms with Crippen LogP contribution in [0.5, 0.6) is 0 Å². The number of rotatable bonds is 18. The van der Waals surface area contributed by atoms with Gasteiger partial charge >= 0.3 is 21.1 Å². The number of hydrogen-bond acceptors (Lipinski definition) is 28. The Kier molecular flexibility index (Phi) is 38.6. The lowest BCUT2D eigenvalue weighted by molar-refractivity contribution is -0.127. The van der Waals surface area contributed by atoms with E-state index in [0.717, 1.165) is 30.2 Å². The molecule has 47 heteroatoms. The quantitative estimate of drug-likeness (QED) is 0.0204. The Morgan fingerprint density at radius 3 is 0.959 bits per heavy atom. The molecule has 3 fully saturated rings. The van der Waals surface area contributed by atoms with Gasteiger partial charge in [0.1, 0.15) is 28.5 Å². The standard InChI is InChI=1S/C23H17Cl2N3O4.C21H25BCl2N2O4.C19H16Cl2N4O4.C15H15Cl2N3O2.C12H24B2O4.C4H3BrN2O2.C4H11N/c1-11(2)15-10-18(26-27(3)21(15)30)20(29)19-16(24)8-12(9-17(19)25)28-22(31)13-6-4-5-7-14(13)23(28)32;1-11(2)13-10-16(25-26(7)19(13)28)18(27)17-14(23)8-12(9-15(17)24)22-29-20(3,4)21(5,6)30-22;1-8(2)10-6-13(24-25(3)19(10)29)18(28)16-11(20)4-9(5-12(16)21)17-14(26)7-15(27)22-23-17;1-7(2)9-6-12(19-20(3)15(9)22)14(21)13-10(16)4-8(18)5-11(13)17;1-9(2)10(3,4)16-13(15-9)14-17-11(5,6)12(7,8)18-14;5-4-2(8)1-3(9)6-7-4;1-2-3-4-5/h4-11H,1-3H3;8-11H,1-7H3;4-6,8H,7H2,1-3H3,(H,22,27);4-7H,18H2,1-3H3;1-8H3;1H2,(H,6,9);2-5H2,1H3. The second-order valence-corrected chi connectivity index (χ2v) is 42.5. The van der Waals surface area contributed by atoms with Crippen LogP contribution >= 0.6 is 109 Å². The van der Waals surface area contributed by atoms with Crippen LogP contribution in [0.4, 0.5) is 11.4 Å². The molecule has 0 spiro atoms. The van der Waals surface area contributed by atoms with E-state index >= 15 is 0 Å². The van der Waals surface area contributed by atoms with Crippen LogP contribution in [-0.2, 0) is 75.3 Å². The minimum Gasteiger partial charge on any atom is -0.405 e. The molecule has 35 nitrogen and oxygen atoms in total. The Morgan fingerprint density at radius 2 is 0.690 bits per heavy atom. The number of aromatic nitrogens is 8. The number of Topliss-reactive ketones (excluding diaryl/α,β-unsaturated/α-hetero) is 2. The number of aryl methyl sites for hydroxylation is 4. The molecule has 0 radical (unpaired) electrons. The molecule has 5 aromatic carbocycles. The molecule has 4 aromatic heterocycles. The number of nitrogen functional groups attached to an aromatic ring is 1. The molecule has 0 saturated carbocycles. The van der Waals surface area contributed by atoms with Crippen LogP contribution in [-0.4, -0.2) is 169 Å². The molecule has 6 aliphatic rings. The summed E-state index contributed by atoms with van der Waals surface area (Å²) < 4.78 is 40.6. The van der Waals surface area contributed by atoms with Gasteiger partial charge in [-0.1, -0.05) is 174 Å². The van der Waals surface area contributed by atoms with Crippen molar-refractivity contribution in [3.63, 3.8) is 0 Å². The molecule has 6 N–H and O–H groups in total. The predicted molar refractivity (Wildman–Crippen MR) is 566 cm³/mol. The third-order valence-corrected chi connectivity index (χ3v) is 27.8. The van der Waals surface area contributed by atoms with E-state index in [1.807, 2.05) is 138 Å². The van der Waals surface area contributed by atoms with Gasteiger partial charge in [0, 0.05) is 61.7 Å². The zero-order chi connectivity index (χ0) is 109. The highest BCUT2D eigenvalue weighted by Gasteiger charge is 2.64. The number of benzene rings is 5. The van der Waals surface area contributed by atoms with Crippen LogP contribution in [0.1, 0.15) is 307 Å². The highest BCUT2D eigenvalue weighted by atomic mass is 79.9. The average molecular weight is 2220 g/mol. The minimum atomic E-state index is -0.655. The first-order chi connectivity index (χ1) is 67.2. The highest BCUT2D eigenvalue weighted by molar-refractivity contribution is 9.19. The van der Waals surface area contributed by atoms with Gasteiger partial charge in [0.25, 0.3) is 34.1 Å². The summed E-state index contributed by atoms with van der Waals surface area (Å²) in [5, 5.41) is 23.8. The zero-order valence-electron chi connectivity index (χ0n) is 84.5. The van der Waals surface area contributed by atoms with Crippen molar-refractivity contribution in [1.82, 2.24) is 50.0 Å². The number of unbranched alkanes of at least 4 members (excludes halogenated alkanes) is 1. The summed E-state index contributed by atoms with van der Waals surface area (Å²) in [6.45, 7) is 41.8. The molecule has 15 rings (SSSR count). The molecular formula is C98H111B3BrCl8N15O20. The molecule has 3 saturated heterocycles. The third kappa shape index (κ3) is 26.8. The predicted octanol–water partition coefficient (Wildman–Crippen LogP) is 16.0. The fourth-order valence-electron chi connectivity index (χ4n) is 14.4. The van der Waals surface area contributed by atoms with Crippen LogP contribution < -0.4 is 54.9 Å². The van der Waals surface area contributed by atoms with Gasteiger partial charge in [0.05, 0.1) is 126 Å². The Hall–Kier alpha value is -10.4. The number of carbonyl (C=O) groups excluding carboxylic acids is 10. The first kappa shape index (κ1) is 118. The second-order valence-electron chi connectivity index (χ2n) is 38.5. The number of ketones is 6. The lowest BCUT2D eigenvalue weighted by Gasteiger charge is -2.32. The summed E-state index contributed by atoms with van der Waals surface area (Å²) in [5.41, 5.74) is 15.9. The molecule has 10 heterocycles. The average Bonchev–Trinajstić information content (AvgIpc) is 1.60. The number of amides is 4. The normalized spacial score (nSPS) is 16.5. The third-order valence-electron chi connectivity index (χ3n) is 24.8. The molecule has 4 amide bonds. The van der Waals surface area contributed by atoms with Crippen molar-refractivity contribution in [2.75, 3.05) is 17.2 Å². The van der Waals surface area contributed by atoms with Gasteiger partial charge in [-0.2, -0.15) is 30.6 Å². The largest absolute Gasteiger partial charge is 0.494 e. The molecule has 0 bridgehead atoms. The molecule has 6 aliphatic heterocycles. The number of anilines is 2. The summed E-state index contributed by atoms with van der Waals surface area (Å²) in [5.74, 6) is -5.01. The van der Waals surface area contributed by atoms with Crippen LogP contribution in [0.15, 0.2) is 126 Å². The Balaban J connectivity index is 0.000000197. The van der Waals surface area contributed by atoms with Crippen molar-refractivity contribution in [2.45, 2.75) is 228 Å². The smallest absolute Gasteiger partial charge is 0.405 e. The van der Waals surface area contributed by atoms with Gasteiger partial charge in [-0.15, -0.1) is 0 Å². The zero-order valence-corrected chi connectivity index (χ0v) is 92.1. The number of hydrogen-bond donors (Lipinski definition) is 4. The van der Waals surface area contributed by atoms with E-state index in [2.05, 4.69) is 64.3 Å². The van der Waals surface area contributed by atoms with E-state index in [1.165, 1.54) is 102 Å². The van der Waals surface area contributed by atoms with E-state index < -0.39 is 79.0 Å². The van der Waals surface area contributed by atoms with Crippen molar-refractivity contribution >= 4 is 215 Å². The Labute approximate surface area is 887 Å². The lowest BCUT2D eigenvalue weighted by Crippen LogP contribution is -2.41. The van der Waals surface area contributed by atoms with Crippen LogP contribution in [0, 0.1) is 0 Å². The SMILES string of the molecule is CC(C)c1cc(C(=O)c2c(Cl)cc(B3OC(C)(C)C(C)(C)O3)cc2Cl)nn(C)c1=O.CC(C)c1cc(C(=O)c2c(Cl)cc(C3=NNC(=O)CC3=O)cc2Cl)nn(C)c1=O.CC(C)c1cc(C(=O)c2c(Cl)cc(N)cc2Cl)nn(C)c1=O.CC(C)c1cc(C(=O)c2c(Cl)cc(N3C(=O)c4ccccc4C3=O)cc2Cl)nn(C)c1=O.CC1(C)OB(B2OC(C)(C)C(C)(C)O2)OC1(C)C.CCCCN.O=C1CC(=O)C(Br)=NN1. The van der Waals surface area contributed by atoms with Crippen LogP contribution in [0.3, 0.4) is 0 Å². The summed E-state index contributed by atoms with van der Waals surface area (Å²) in [6, 6.07) is 23.9. The van der Waals surface area contributed by atoms with Gasteiger partial charge in [0.15, 0.2) is 16.2 Å². The maximum atomic E-state index is 13.2. The lowest BCUT2D eigenvalue weighted by atomic mass is 9.49. The van der Waals surface area contributed by atoms with E-state index in [4.69, 9.17) is 132 Å². The van der Waals surface area contributed by atoms with Crippen molar-refractivity contribution in [3.8, 4) is 0 Å². The summed E-state index contributed by atoms with van der Waals surface area (Å²) in [7, 11) is 4.31. The Morgan fingerprint density at radius 1 is 0.414 bits per heavy atom. The maximum Gasteiger partial charge on any atom is 0.494 e. The molecule has 9 aromatic rings. The van der Waals surface area contributed by atoms with Gasteiger partial charge in [-0.3, -0.25) is 67.1 Å². The number of hydrazone groups is 2. The van der Waals surface area contributed by atoms with Gasteiger partial charge in [-0.05, 0) is 226 Å². The van der Waals surface area contributed by atoms with Gasteiger partial charge in [0.2, 0.25) is 34.9 Å². The van der Waals surface area contributed by atoms with Gasteiger partial charge in [-0.25, -0.2) is 34.5 Å². The number of nitrogens with zero attached hydrogens (tertiary/aromatic N) is 11. The van der Waals surface area contributed by atoms with Crippen molar-refractivity contribution in [1.29, 1.82) is 0 Å². The first-order valence-electron chi connectivity index (χ1n) is 45.6. The van der Waals surface area contributed by atoms with Gasteiger partial charge < -0.3 is 39.4 Å². The van der Waals surface area contributed by atoms with E-state index in [0.29, 0.717) is 33.4 Å². The molecule has 145 heavy (non-hydrogen) atoms. The monoisotopic (exact) mass is 2210 g/mol. The number of carbonyl (C=O) groups is 10. The number of nitrogens with one attached hydrogen (secondary N) is 2. The van der Waals surface area contributed by atoms with Crippen molar-refractivity contribution in [2.24, 2.45) is 44.1 Å². The van der Waals surface area contributed by atoms with Crippen LogP contribution in [0.2, 0.25) is 40.2 Å². The number of fused-ring (bicyclic) bond motifs is 1. The molecular weight excluding hydrogens is 2100 g/mol. The summed E-state index contributed by atoms with van der Waals surface area (Å²) in [6.07, 6.45) is 1.94. The van der Waals surface area contributed by atoms with E-state index in [-0.39, 0.29) is 211 Å². The van der Waals surface area contributed by atoms with E-state index in [9.17, 15) is 67.1 Å². The van der Waals surface area contributed by atoms with Crippen molar-refractivity contribution < 1.29 is 75.9 Å². The number of imide groups is 1. The fraction of sp³-hybridized carbons (Fsp3) is 0.408.